The average molecular weight is 366 g/mol. The van der Waals surface area contributed by atoms with E-state index >= 15 is 0 Å². The lowest BCUT2D eigenvalue weighted by atomic mass is 9.68. The highest BCUT2D eigenvalue weighted by molar-refractivity contribution is 6.29. The van der Waals surface area contributed by atoms with Crippen molar-refractivity contribution in [2.45, 2.75) is 89.9 Å². The Morgan fingerprint density at radius 2 is 1.60 bits per heavy atom. The Labute approximate surface area is 157 Å². The summed E-state index contributed by atoms with van der Waals surface area (Å²) < 4.78 is 14.1. The lowest BCUT2D eigenvalue weighted by molar-refractivity contribution is 0.155. The van der Waals surface area contributed by atoms with E-state index in [4.69, 9.17) is 11.6 Å². The summed E-state index contributed by atoms with van der Waals surface area (Å²) >= 11 is 5.78. The van der Waals surface area contributed by atoms with Crippen molar-refractivity contribution in [2.75, 3.05) is 0 Å². The van der Waals surface area contributed by atoms with E-state index in [0.29, 0.717) is 5.92 Å². The molecule has 2 aliphatic carbocycles. The molecule has 1 nitrogen and oxygen atoms in total. The molecule has 3 rings (SSSR count). The largest absolute Gasteiger partial charge is 0.217 e. The van der Waals surface area contributed by atoms with Crippen molar-refractivity contribution >= 4 is 11.6 Å². The fourth-order valence-corrected chi connectivity index (χ4v) is 5.40. The molecule has 0 amide bonds. The Bertz CT molecular complexity index is 531. The van der Waals surface area contributed by atoms with Crippen LogP contribution in [0.2, 0.25) is 5.15 Å². The molecule has 0 unspecified atom stereocenters. The van der Waals surface area contributed by atoms with Gasteiger partial charge in [-0.3, -0.25) is 0 Å². The fourth-order valence-electron chi connectivity index (χ4n) is 5.26. The fraction of sp³-hybridized carbons (Fsp3) is 0.773. The van der Waals surface area contributed by atoms with Gasteiger partial charge in [0.2, 0.25) is 5.95 Å². The number of rotatable bonds is 6. The molecule has 0 N–H and O–H groups in total. The van der Waals surface area contributed by atoms with Crippen molar-refractivity contribution in [1.29, 1.82) is 0 Å². The zero-order chi connectivity index (χ0) is 17.6. The minimum absolute atomic E-state index is 0.255. The van der Waals surface area contributed by atoms with E-state index in [9.17, 15) is 4.39 Å². The van der Waals surface area contributed by atoms with Crippen molar-refractivity contribution in [3.05, 3.63) is 28.8 Å². The zero-order valence-corrected chi connectivity index (χ0v) is 16.4. The highest BCUT2D eigenvalue weighted by atomic mass is 35.5. The molecule has 1 heterocycles. The molecule has 3 heteroatoms. The van der Waals surface area contributed by atoms with Crippen LogP contribution < -0.4 is 0 Å². The molecule has 0 bridgehead atoms. The number of nitrogens with zero attached hydrogens (tertiary/aromatic N) is 1. The van der Waals surface area contributed by atoms with Crippen molar-refractivity contribution in [2.24, 2.45) is 17.8 Å². The number of halogens is 2. The summed E-state index contributed by atoms with van der Waals surface area (Å²) in [6.45, 7) is 2.29. The van der Waals surface area contributed by atoms with Crippen molar-refractivity contribution in [3.63, 3.8) is 0 Å². The molecule has 1 aromatic rings. The van der Waals surface area contributed by atoms with Crippen LogP contribution in [0, 0.1) is 23.7 Å². The Kier molecular flexibility index (Phi) is 7.16. The average Bonchev–Trinajstić information content (AvgIpc) is 2.63. The number of pyridine rings is 1. The number of hydrogen-bond donors (Lipinski definition) is 0. The number of unbranched alkanes of at least 4 members (excludes halogenated alkanes) is 2. The third-order valence-electron chi connectivity index (χ3n) is 6.83. The van der Waals surface area contributed by atoms with Gasteiger partial charge in [0, 0.05) is 5.56 Å². The molecule has 0 radical (unpaired) electrons. The summed E-state index contributed by atoms with van der Waals surface area (Å²) in [4.78, 5) is 3.80. The van der Waals surface area contributed by atoms with Crippen LogP contribution in [0.3, 0.4) is 0 Å². The van der Waals surface area contributed by atoms with Gasteiger partial charge in [-0.2, -0.15) is 4.39 Å². The molecule has 0 aromatic carbocycles. The van der Waals surface area contributed by atoms with E-state index < -0.39 is 0 Å². The Balaban J connectivity index is 1.44. The van der Waals surface area contributed by atoms with Crippen molar-refractivity contribution in [3.8, 4) is 0 Å². The van der Waals surface area contributed by atoms with Crippen LogP contribution >= 0.6 is 11.6 Å². The van der Waals surface area contributed by atoms with Gasteiger partial charge in [0.05, 0.1) is 0 Å². The predicted octanol–water partition coefficient (Wildman–Crippen LogP) is 7.53. The first-order valence-corrected chi connectivity index (χ1v) is 10.9. The molecule has 1 aromatic heterocycles. The topological polar surface area (TPSA) is 12.9 Å². The first-order chi connectivity index (χ1) is 12.2. The van der Waals surface area contributed by atoms with E-state index in [-0.39, 0.29) is 11.1 Å². The maximum atomic E-state index is 14.1. The van der Waals surface area contributed by atoms with E-state index in [1.807, 2.05) is 6.07 Å². The molecule has 0 saturated heterocycles. The van der Waals surface area contributed by atoms with Gasteiger partial charge in [0.25, 0.3) is 0 Å². The van der Waals surface area contributed by atoms with Crippen LogP contribution in [0.15, 0.2) is 12.1 Å². The van der Waals surface area contributed by atoms with Gasteiger partial charge in [-0.25, -0.2) is 4.98 Å². The SMILES string of the molecule is CCCCC[C@H]1CC[C@H]([C@H]2CC[C@H](c3ccc(Cl)nc3F)CC2)CC1. The standard InChI is InChI=1S/C22H33ClFN/c1-2-3-4-5-16-6-8-17(9-7-16)18-10-12-19(13-11-18)20-14-15-21(23)25-22(20)24/h14-19H,2-13H2,1H3/t16-,17-,18-,19-. The second-order valence-corrected chi connectivity index (χ2v) is 8.79. The molecule has 25 heavy (non-hydrogen) atoms. The van der Waals surface area contributed by atoms with Gasteiger partial charge in [-0.05, 0) is 68.3 Å². The molecule has 140 valence electrons. The van der Waals surface area contributed by atoms with E-state index in [0.717, 1.165) is 36.2 Å². The quantitative estimate of drug-likeness (QED) is 0.375. The summed E-state index contributed by atoms with van der Waals surface area (Å²) in [5.74, 6) is 2.77. The summed E-state index contributed by atoms with van der Waals surface area (Å²) in [7, 11) is 0. The van der Waals surface area contributed by atoms with Crippen LogP contribution in [0.5, 0.6) is 0 Å². The maximum Gasteiger partial charge on any atom is 0.217 e. The highest BCUT2D eigenvalue weighted by Gasteiger charge is 2.32. The van der Waals surface area contributed by atoms with Gasteiger partial charge >= 0.3 is 0 Å². The highest BCUT2D eigenvalue weighted by Crippen LogP contribution is 2.44. The van der Waals surface area contributed by atoms with Gasteiger partial charge in [0.1, 0.15) is 5.15 Å². The predicted molar refractivity (Wildman–Crippen MR) is 103 cm³/mol. The van der Waals surface area contributed by atoms with Crippen molar-refractivity contribution in [1.82, 2.24) is 4.98 Å². The summed E-state index contributed by atoms with van der Waals surface area (Å²) in [6, 6.07) is 3.57. The second-order valence-electron chi connectivity index (χ2n) is 8.40. The summed E-state index contributed by atoms with van der Waals surface area (Å²) in [5.41, 5.74) is 0.780. The van der Waals surface area contributed by atoms with Gasteiger partial charge in [0.15, 0.2) is 0 Å². The molecule has 2 saturated carbocycles. The van der Waals surface area contributed by atoms with E-state index in [2.05, 4.69) is 11.9 Å². The lowest BCUT2D eigenvalue weighted by Crippen LogP contribution is -2.25. The van der Waals surface area contributed by atoms with E-state index in [1.54, 1.807) is 6.07 Å². The van der Waals surface area contributed by atoms with Gasteiger partial charge < -0.3 is 0 Å². The Morgan fingerprint density at radius 3 is 2.20 bits per heavy atom. The second kappa shape index (κ2) is 9.35. The van der Waals surface area contributed by atoms with Crippen LogP contribution in [-0.2, 0) is 0 Å². The van der Waals surface area contributed by atoms with Crippen molar-refractivity contribution < 1.29 is 4.39 Å². The van der Waals surface area contributed by atoms with Crippen LogP contribution in [0.4, 0.5) is 4.39 Å². The Hall–Kier alpha value is -0.630. The summed E-state index contributed by atoms with van der Waals surface area (Å²) in [6.07, 6.45) is 16.1. The molecule has 0 spiro atoms. The normalized spacial score (nSPS) is 30.4. The molecular weight excluding hydrogens is 333 g/mol. The smallest absolute Gasteiger partial charge is 0.208 e. The first kappa shape index (κ1) is 19.1. The third kappa shape index (κ3) is 5.18. The third-order valence-corrected chi connectivity index (χ3v) is 7.04. The number of aromatic nitrogens is 1. The molecule has 2 aliphatic rings. The summed E-state index contributed by atoms with van der Waals surface area (Å²) in [5, 5.41) is 0.255. The van der Waals surface area contributed by atoms with Crippen LogP contribution in [0.25, 0.3) is 0 Å². The van der Waals surface area contributed by atoms with Crippen LogP contribution in [0.1, 0.15) is 95.5 Å². The first-order valence-electron chi connectivity index (χ1n) is 10.5. The Morgan fingerprint density at radius 1 is 0.960 bits per heavy atom. The zero-order valence-electron chi connectivity index (χ0n) is 15.7. The monoisotopic (exact) mass is 365 g/mol. The van der Waals surface area contributed by atoms with Gasteiger partial charge in [-0.15, -0.1) is 0 Å². The van der Waals surface area contributed by atoms with Crippen LogP contribution in [-0.4, -0.2) is 4.98 Å². The molecular formula is C22H33ClFN. The maximum absolute atomic E-state index is 14.1. The molecule has 2 fully saturated rings. The minimum atomic E-state index is -0.358. The number of hydrogen-bond acceptors (Lipinski definition) is 1. The molecule has 0 aliphatic heterocycles. The molecule has 0 atom stereocenters. The van der Waals surface area contributed by atoms with E-state index in [1.165, 1.54) is 64.2 Å². The van der Waals surface area contributed by atoms with Gasteiger partial charge in [-0.1, -0.05) is 63.1 Å². The lowest BCUT2D eigenvalue weighted by Gasteiger charge is -2.38. The minimum Gasteiger partial charge on any atom is -0.208 e.